The number of esters is 1. The number of hydrogen-bond donors (Lipinski definition) is 0. The minimum absolute atomic E-state index is 0.0380. The number of allylic oxidation sites excluding steroid dienone is 1. The molecule has 0 spiro atoms. The highest BCUT2D eigenvalue weighted by atomic mass is 32.2. The lowest BCUT2D eigenvalue weighted by Crippen LogP contribution is -2.34. The molecule has 1 heterocycles. The average molecular weight is 586 g/mol. The van der Waals surface area contributed by atoms with Crippen molar-refractivity contribution in [2.45, 2.75) is 44.0 Å². The van der Waals surface area contributed by atoms with E-state index in [1.54, 1.807) is 13.8 Å². The summed E-state index contributed by atoms with van der Waals surface area (Å²) < 4.78 is 32.3. The number of fused-ring (bicyclic) bond motifs is 1. The molecule has 2 aliphatic rings. The molecule has 1 amide bonds. The van der Waals surface area contributed by atoms with Gasteiger partial charge >= 0.3 is 5.97 Å². The van der Waals surface area contributed by atoms with Gasteiger partial charge in [0.25, 0.3) is 5.91 Å². The Labute approximate surface area is 247 Å². The van der Waals surface area contributed by atoms with Gasteiger partial charge in [-0.05, 0) is 66.3 Å². The quantitative estimate of drug-likeness (QED) is 0.300. The van der Waals surface area contributed by atoms with E-state index >= 15 is 0 Å². The number of amides is 1. The van der Waals surface area contributed by atoms with Crippen LogP contribution in [0.2, 0.25) is 0 Å². The predicted octanol–water partition coefficient (Wildman–Crippen LogP) is 5.70. The Morgan fingerprint density at radius 1 is 0.952 bits per heavy atom. The molecule has 1 fully saturated rings. The highest BCUT2D eigenvalue weighted by molar-refractivity contribution is 7.89. The van der Waals surface area contributed by atoms with Crippen LogP contribution in [0.15, 0.2) is 100 Å². The Balaban J connectivity index is 1.34. The first kappa shape index (κ1) is 29.4. The fourth-order valence-corrected chi connectivity index (χ4v) is 7.15. The summed E-state index contributed by atoms with van der Waals surface area (Å²) in [6, 6.07) is 25.2. The van der Waals surface area contributed by atoms with E-state index in [1.165, 1.54) is 33.6 Å². The van der Waals surface area contributed by atoms with Gasteiger partial charge in [0.2, 0.25) is 10.0 Å². The van der Waals surface area contributed by atoms with Crippen molar-refractivity contribution in [1.82, 2.24) is 9.31 Å². The van der Waals surface area contributed by atoms with Gasteiger partial charge in [-0.2, -0.15) is 9.41 Å². The first-order chi connectivity index (χ1) is 20.3. The number of sulfonamides is 1. The number of carbonyl (C=O) groups is 2. The third kappa shape index (κ3) is 6.07. The van der Waals surface area contributed by atoms with Crippen molar-refractivity contribution in [2.75, 3.05) is 19.7 Å². The third-order valence-corrected chi connectivity index (χ3v) is 9.86. The van der Waals surface area contributed by atoms with Crippen LogP contribution >= 0.6 is 0 Å². The zero-order chi connectivity index (χ0) is 29.7. The normalized spacial score (nSPS) is 19.5. The highest BCUT2D eigenvalue weighted by Gasteiger charge is 2.43. The van der Waals surface area contributed by atoms with Gasteiger partial charge in [-0.25, -0.2) is 18.2 Å². The second kappa shape index (κ2) is 12.8. The molecule has 0 radical (unpaired) electrons. The largest absolute Gasteiger partial charge is 0.452 e. The summed E-state index contributed by atoms with van der Waals surface area (Å²) in [5.41, 5.74) is 4.25. The molecule has 8 nitrogen and oxygen atoms in total. The maximum atomic E-state index is 13.5. The van der Waals surface area contributed by atoms with Gasteiger partial charge in [-0.15, -0.1) is 0 Å². The van der Waals surface area contributed by atoms with Crippen LogP contribution in [0.4, 0.5) is 0 Å². The van der Waals surface area contributed by atoms with Crippen molar-refractivity contribution in [1.29, 1.82) is 0 Å². The smallest absolute Gasteiger partial charge is 0.338 e. The van der Waals surface area contributed by atoms with E-state index in [2.05, 4.69) is 18.2 Å². The van der Waals surface area contributed by atoms with E-state index in [0.717, 1.165) is 41.7 Å². The topological polar surface area (TPSA) is 96.3 Å². The summed E-state index contributed by atoms with van der Waals surface area (Å²) in [6.45, 7) is 3.75. The molecule has 1 aliphatic carbocycles. The maximum absolute atomic E-state index is 13.5. The van der Waals surface area contributed by atoms with Gasteiger partial charge in [0, 0.05) is 19.0 Å². The predicted molar refractivity (Wildman–Crippen MR) is 162 cm³/mol. The molecule has 218 valence electrons. The molecule has 3 aromatic carbocycles. The average Bonchev–Trinajstić information content (AvgIpc) is 3.42. The second-order valence-electron chi connectivity index (χ2n) is 10.3. The van der Waals surface area contributed by atoms with E-state index in [-0.39, 0.29) is 22.4 Å². The molecule has 0 N–H and O–H groups in total. The van der Waals surface area contributed by atoms with E-state index in [9.17, 15) is 18.0 Å². The summed E-state index contributed by atoms with van der Waals surface area (Å²) in [6.07, 6.45) is 4.91. The van der Waals surface area contributed by atoms with Gasteiger partial charge in [0.1, 0.15) is 0 Å². The molecule has 1 aliphatic heterocycles. The molecular weight excluding hydrogens is 550 g/mol. The van der Waals surface area contributed by atoms with Crippen LogP contribution in [-0.4, -0.2) is 55.0 Å². The first-order valence-corrected chi connectivity index (χ1v) is 15.8. The van der Waals surface area contributed by atoms with Crippen molar-refractivity contribution in [2.24, 2.45) is 11.0 Å². The van der Waals surface area contributed by atoms with E-state index in [0.29, 0.717) is 13.1 Å². The first-order valence-electron chi connectivity index (χ1n) is 14.3. The molecule has 9 heteroatoms. The van der Waals surface area contributed by atoms with Crippen LogP contribution in [0, 0.1) is 5.92 Å². The molecule has 5 rings (SSSR count). The van der Waals surface area contributed by atoms with Gasteiger partial charge in [0.05, 0.1) is 22.2 Å². The van der Waals surface area contributed by atoms with Crippen LogP contribution in [-0.2, 0) is 19.6 Å². The van der Waals surface area contributed by atoms with Crippen molar-refractivity contribution in [3.8, 4) is 0 Å². The number of hydrogen-bond acceptors (Lipinski definition) is 6. The third-order valence-electron chi connectivity index (χ3n) is 7.80. The summed E-state index contributed by atoms with van der Waals surface area (Å²) in [7, 11) is -3.65. The monoisotopic (exact) mass is 585 g/mol. The van der Waals surface area contributed by atoms with E-state index in [1.807, 2.05) is 48.5 Å². The Morgan fingerprint density at radius 3 is 2.24 bits per heavy atom. The van der Waals surface area contributed by atoms with Crippen LogP contribution in [0.3, 0.4) is 0 Å². The molecule has 2 atom stereocenters. The SMILES string of the molecule is CCN(CC)S(=O)(=O)c1ccc(C(=O)OCC(=O)N2N=C3C(=Cc4ccccc4)CCCC3C2c2ccccc2)cc1. The summed E-state index contributed by atoms with van der Waals surface area (Å²) in [4.78, 5) is 26.5. The number of ether oxygens (including phenoxy) is 1. The zero-order valence-electron chi connectivity index (χ0n) is 23.8. The van der Waals surface area contributed by atoms with Crippen molar-refractivity contribution in [3.63, 3.8) is 0 Å². The number of nitrogens with zero attached hydrogens (tertiary/aromatic N) is 3. The van der Waals surface area contributed by atoms with Crippen molar-refractivity contribution in [3.05, 3.63) is 107 Å². The summed E-state index contributed by atoms with van der Waals surface area (Å²) in [5.74, 6) is -1.09. The molecule has 3 aromatic rings. The minimum atomic E-state index is -3.65. The second-order valence-corrected chi connectivity index (χ2v) is 12.3. The van der Waals surface area contributed by atoms with Crippen LogP contribution in [0.1, 0.15) is 60.6 Å². The van der Waals surface area contributed by atoms with Gasteiger partial charge in [-0.3, -0.25) is 4.79 Å². The number of carbonyl (C=O) groups excluding carboxylic acids is 2. The fraction of sp³-hybridized carbons (Fsp3) is 0.303. The molecule has 0 bridgehead atoms. The zero-order valence-corrected chi connectivity index (χ0v) is 24.7. The standard InChI is InChI=1S/C33H35N3O5S/c1-3-35(4-2)42(39,40)28-20-18-26(19-21-28)33(38)41-23-30(37)36-32(25-14-9-6-10-15-25)29-17-11-16-27(31(29)34-36)22-24-12-7-5-8-13-24/h5-10,12-15,18-22,29,32H,3-4,11,16-17,23H2,1-2H3. The lowest BCUT2D eigenvalue weighted by atomic mass is 9.77. The summed E-state index contributed by atoms with van der Waals surface area (Å²) >= 11 is 0. The Bertz CT molecular complexity index is 1580. The fourth-order valence-electron chi connectivity index (χ4n) is 5.69. The van der Waals surface area contributed by atoms with Crippen molar-refractivity contribution < 1.29 is 22.7 Å². The number of benzene rings is 3. The lowest BCUT2D eigenvalue weighted by Gasteiger charge is -2.29. The number of rotatable bonds is 9. The Kier molecular flexibility index (Phi) is 8.99. The lowest BCUT2D eigenvalue weighted by molar-refractivity contribution is -0.137. The molecule has 42 heavy (non-hydrogen) atoms. The molecule has 1 saturated carbocycles. The summed E-state index contributed by atoms with van der Waals surface area (Å²) in [5, 5.41) is 6.32. The van der Waals surface area contributed by atoms with E-state index < -0.39 is 28.5 Å². The van der Waals surface area contributed by atoms with Crippen LogP contribution < -0.4 is 0 Å². The van der Waals surface area contributed by atoms with Crippen LogP contribution in [0.5, 0.6) is 0 Å². The number of hydrazone groups is 1. The Morgan fingerprint density at radius 2 is 1.60 bits per heavy atom. The minimum Gasteiger partial charge on any atom is -0.452 e. The van der Waals surface area contributed by atoms with Crippen LogP contribution in [0.25, 0.3) is 6.08 Å². The van der Waals surface area contributed by atoms with Crippen molar-refractivity contribution >= 4 is 33.7 Å². The molecule has 0 saturated heterocycles. The van der Waals surface area contributed by atoms with Gasteiger partial charge in [-0.1, -0.05) is 74.5 Å². The molecular formula is C33H35N3O5S. The van der Waals surface area contributed by atoms with Gasteiger partial charge in [0.15, 0.2) is 6.61 Å². The van der Waals surface area contributed by atoms with Gasteiger partial charge < -0.3 is 4.74 Å². The molecule has 2 unspecified atom stereocenters. The molecule has 0 aromatic heterocycles. The Hall–Kier alpha value is -4.08. The highest BCUT2D eigenvalue weighted by Crippen LogP contribution is 2.44. The maximum Gasteiger partial charge on any atom is 0.338 e. The van der Waals surface area contributed by atoms with E-state index in [4.69, 9.17) is 9.84 Å².